The molecule has 1 heteroatoms. The summed E-state index contributed by atoms with van der Waals surface area (Å²) in [5.41, 5.74) is 1.24. The van der Waals surface area contributed by atoms with Crippen molar-refractivity contribution in [1.29, 1.82) is 0 Å². The van der Waals surface area contributed by atoms with E-state index in [1.165, 1.54) is 31.2 Å². The van der Waals surface area contributed by atoms with E-state index in [-0.39, 0.29) is 0 Å². The van der Waals surface area contributed by atoms with E-state index >= 15 is 0 Å². The summed E-state index contributed by atoms with van der Waals surface area (Å²) in [6.45, 7) is 3.85. The lowest BCUT2D eigenvalue weighted by molar-refractivity contribution is 0.117. The average Bonchev–Trinajstić information content (AvgIpc) is 2.25. The fourth-order valence-electron chi connectivity index (χ4n) is 1.34. The van der Waals surface area contributed by atoms with Crippen LogP contribution in [0.15, 0.2) is 24.3 Å². The summed E-state index contributed by atoms with van der Waals surface area (Å²) in [5, 5.41) is 0. The number of hydrogen-bond acceptors (Lipinski definition) is 1. The first-order chi connectivity index (χ1) is 6.93. The monoisotopic (exact) mass is 191 g/mol. The Morgan fingerprint density at radius 3 is 2.64 bits per heavy atom. The normalized spacial score (nSPS) is 10.4. The molecule has 0 bridgehead atoms. The molecule has 77 valence electrons. The van der Waals surface area contributed by atoms with Crippen LogP contribution >= 0.6 is 0 Å². The van der Waals surface area contributed by atoms with Crippen LogP contribution in [0.2, 0.25) is 0 Å². The highest BCUT2D eigenvalue weighted by Gasteiger charge is 1.91. The zero-order chi connectivity index (χ0) is 10.1. The first-order valence-corrected chi connectivity index (χ1v) is 5.46. The van der Waals surface area contributed by atoms with Crippen molar-refractivity contribution in [1.82, 2.24) is 0 Å². The topological polar surface area (TPSA) is 9.23 Å². The van der Waals surface area contributed by atoms with Crippen LogP contribution < -0.4 is 0 Å². The van der Waals surface area contributed by atoms with Crippen molar-refractivity contribution in [2.75, 3.05) is 6.61 Å². The van der Waals surface area contributed by atoms with Gasteiger partial charge in [0.2, 0.25) is 0 Å². The molecule has 0 N–H and O–H groups in total. The molecule has 0 aliphatic carbocycles. The Bertz CT molecular complexity index is 218. The van der Waals surface area contributed by atoms with Crippen LogP contribution in [0, 0.1) is 6.07 Å². The summed E-state index contributed by atoms with van der Waals surface area (Å²) in [7, 11) is 0. The molecule has 14 heavy (non-hydrogen) atoms. The van der Waals surface area contributed by atoms with Gasteiger partial charge in [-0.3, -0.25) is 0 Å². The van der Waals surface area contributed by atoms with E-state index in [4.69, 9.17) is 4.74 Å². The van der Waals surface area contributed by atoms with Gasteiger partial charge in [-0.05, 0) is 18.1 Å². The van der Waals surface area contributed by atoms with Crippen LogP contribution in [0.1, 0.15) is 38.2 Å². The maximum atomic E-state index is 5.55. The van der Waals surface area contributed by atoms with Crippen molar-refractivity contribution in [3.8, 4) is 0 Å². The lowest BCUT2D eigenvalue weighted by Crippen LogP contribution is -1.95. The first kappa shape index (κ1) is 11.3. The maximum absolute atomic E-state index is 5.55. The molecule has 0 fully saturated rings. The van der Waals surface area contributed by atoms with E-state index in [1.54, 1.807) is 0 Å². The Kier molecular flexibility index (Phi) is 6.09. The highest BCUT2D eigenvalue weighted by molar-refractivity contribution is 5.12. The molecule has 0 spiro atoms. The Balaban J connectivity index is 1.99. The summed E-state index contributed by atoms with van der Waals surface area (Å²) in [5.74, 6) is 0. The highest BCUT2D eigenvalue weighted by atomic mass is 16.5. The predicted octanol–water partition coefficient (Wildman–Crippen LogP) is 3.58. The lowest BCUT2D eigenvalue weighted by atomic mass is 10.2. The largest absolute Gasteiger partial charge is 0.377 e. The molecular formula is C13H19O. The van der Waals surface area contributed by atoms with Crippen molar-refractivity contribution in [3.63, 3.8) is 0 Å². The van der Waals surface area contributed by atoms with Crippen LogP contribution in [0.3, 0.4) is 0 Å². The van der Waals surface area contributed by atoms with Crippen molar-refractivity contribution in [2.24, 2.45) is 0 Å². The van der Waals surface area contributed by atoms with Crippen molar-refractivity contribution >= 4 is 0 Å². The van der Waals surface area contributed by atoms with Gasteiger partial charge in [0.05, 0.1) is 6.61 Å². The SMILES string of the molecule is CCCCCCOCc1cc[c]cc1. The van der Waals surface area contributed by atoms with Gasteiger partial charge in [-0.2, -0.15) is 0 Å². The standard InChI is InChI=1S/C13H19O/c1-2-3-4-8-11-14-12-13-9-6-5-7-10-13/h6-7,9-10H,2-4,8,11-12H2,1H3. The Morgan fingerprint density at radius 1 is 1.14 bits per heavy atom. The zero-order valence-electron chi connectivity index (χ0n) is 8.96. The van der Waals surface area contributed by atoms with Gasteiger partial charge < -0.3 is 4.74 Å². The van der Waals surface area contributed by atoms with Crippen LogP contribution in [-0.4, -0.2) is 6.61 Å². The lowest BCUT2D eigenvalue weighted by Gasteiger charge is -2.03. The van der Waals surface area contributed by atoms with Crippen molar-refractivity contribution in [2.45, 2.75) is 39.2 Å². The molecule has 1 rings (SSSR count). The zero-order valence-corrected chi connectivity index (χ0v) is 8.96. The van der Waals surface area contributed by atoms with Gasteiger partial charge in [-0.1, -0.05) is 50.5 Å². The summed E-state index contributed by atoms with van der Waals surface area (Å²) < 4.78 is 5.55. The number of ether oxygens (including phenoxy) is 1. The van der Waals surface area contributed by atoms with Crippen molar-refractivity contribution in [3.05, 3.63) is 35.9 Å². The van der Waals surface area contributed by atoms with E-state index in [2.05, 4.69) is 13.0 Å². The molecule has 0 aliphatic heterocycles. The second-order valence-corrected chi connectivity index (χ2v) is 3.52. The molecule has 1 radical (unpaired) electrons. The molecule has 0 heterocycles. The smallest absolute Gasteiger partial charge is 0.0716 e. The third-order valence-corrected chi connectivity index (χ3v) is 2.20. The Hall–Kier alpha value is -0.820. The number of rotatable bonds is 7. The van der Waals surface area contributed by atoms with Gasteiger partial charge in [0, 0.05) is 6.61 Å². The van der Waals surface area contributed by atoms with Crippen LogP contribution in [0.5, 0.6) is 0 Å². The number of hydrogen-bond donors (Lipinski definition) is 0. The summed E-state index contributed by atoms with van der Waals surface area (Å²) in [6.07, 6.45) is 5.09. The molecule has 0 amide bonds. The molecule has 1 aromatic carbocycles. The fraction of sp³-hybridized carbons (Fsp3) is 0.538. The van der Waals surface area contributed by atoms with E-state index in [9.17, 15) is 0 Å². The van der Waals surface area contributed by atoms with Gasteiger partial charge >= 0.3 is 0 Å². The molecule has 0 atom stereocenters. The van der Waals surface area contributed by atoms with Gasteiger partial charge in [-0.15, -0.1) is 0 Å². The summed E-state index contributed by atoms with van der Waals surface area (Å²) in [4.78, 5) is 0. The van der Waals surface area contributed by atoms with E-state index in [0.717, 1.165) is 13.2 Å². The maximum Gasteiger partial charge on any atom is 0.0716 e. The van der Waals surface area contributed by atoms with E-state index in [1.807, 2.05) is 24.3 Å². The summed E-state index contributed by atoms with van der Waals surface area (Å²) >= 11 is 0. The first-order valence-electron chi connectivity index (χ1n) is 5.46. The minimum absolute atomic E-state index is 0.737. The molecule has 1 aromatic rings. The molecule has 0 aromatic heterocycles. The third-order valence-electron chi connectivity index (χ3n) is 2.20. The molecule has 0 unspecified atom stereocenters. The number of unbranched alkanes of at least 4 members (excludes halogenated alkanes) is 3. The van der Waals surface area contributed by atoms with E-state index < -0.39 is 0 Å². The van der Waals surface area contributed by atoms with Crippen LogP contribution in [-0.2, 0) is 11.3 Å². The minimum atomic E-state index is 0.737. The molecule has 1 nitrogen and oxygen atoms in total. The quantitative estimate of drug-likeness (QED) is 0.598. The Labute approximate surface area is 87.1 Å². The number of benzene rings is 1. The van der Waals surface area contributed by atoms with Crippen LogP contribution in [0.4, 0.5) is 0 Å². The van der Waals surface area contributed by atoms with Gasteiger partial charge in [-0.25, -0.2) is 0 Å². The van der Waals surface area contributed by atoms with Gasteiger partial charge in [0.15, 0.2) is 0 Å². The Morgan fingerprint density at radius 2 is 1.93 bits per heavy atom. The molecule has 0 saturated heterocycles. The molecule has 0 aliphatic rings. The van der Waals surface area contributed by atoms with Crippen LogP contribution in [0.25, 0.3) is 0 Å². The molecular weight excluding hydrogens is 172 g/mol. The summed E-state index contributed by atoms with van der Waals surface area (Å²) in [6, 6.07) is 10.9. The van der Waals surface area contributed by atoms with Gasteiger partial charge in [0.25, 0.3) is 0 Å². The molecule has 0 saturated carbocycles. The predicted molar refractivity (Wildman–Crippen MR) is 59.1 cm³/mol. The average molecular weight is 191 g/mol. The second-order valence-electron chi connectivity index (χ2n) is 3.52. The second kappa shape index (κ2) is 7.57. The van der Waals surface area contributed by atoms with E-state index in [0.29, 0.717) is 0 Å². The van der Waals surface area contributed by atoms with Crippen molar-refractivity contribution < 1.29 is 4.74 Å². The minimum Gasteiger partial charge on any atom is -0.377 e. The van der Waals surface area contributed by atoms with Gasteiger partial charge in [0.1, 0.15) is 0 Å². The highest BCUT2D eigenvalue weighted by Crippen LogP contribution is 2.03. The third kappa shape index (κ3) is 5.03. The fourth-order valence-corrected chi connectivity index (χ4v) is 1.34.